The van der Waals surface area contributed by atoms with Gasteiger partial charge in [0.1, 0.15) is 17.1 Å². The topological polar surface area (TPSA) is 65.5 Å². The standard InChI is InChI=1S/C20H21NO3/c1-12-17(22)14-10-11-15(23-4)16(20(2,3)21)19(14)24-18(12)13-8-6-5-7-9-13/h5-11H,21H2,1-4H3. The molecule has 0 amide bonds. The van der Waals surface area contributed by atoms with Crippen LogP contribution in [0.1, 0.15) is 25.0 Å². The second-order valence-electron chi connectivity index (χ2n) is 6.49. The molecule has 0 atom stereocenters. The van der Waals surface area contributed by atoms with E-state index in [1.54, 1.807) is 26.2 Å². The minimum atomic E-state index is -0.718. The lowest BCUT2D eigenvalue weighted by Crippen LogP contribution is -2.30. The largest absolute Gasteiger partial charge is 0.496 e. The molecule has 0 saturated heterocycles. The average Bonchev–Trinajstić information content (AvgIpc) is 2.56. The molecule has 0 aliphatic rings. The van der Waals surface area contributed by atoms with Gasteiger partial charge in [-0.1, -0.05) is 30.3 Å². The normalized spacial score (nSPS) is 11.7. The Hall–Kier alpha value is -2.59. The molecule has 3 rings (SSSR count). The molecule has 0 fully saturated rings. The van der Waals surface area contributed by atoms with Crippen LogP contribution in [0, 0.1) is 6.92 Å². The van der Waals surface area contributed by atoms with E-state index in [1.807, 2.05) is 44.2 Å². The Morgan fingerprint density at radius 2 is 1.75 bits per heavy atom. The molecule has 2 N–H and O–H groups in total. The maximum Gasteiger partial charge on any atom is 0.196 e. The molecule has 1 aromatic heterocycles. The first-order valence-electron chi connectivity index (χ1n) is 7.83. The highest BCUT2D eigenvalue weighted by molar-refractivity contribution is 5.86. The van der Waals surface area contributed by atoms with E-state index >= 15 is 0 Å². The molecule has 0 radical (unpaired) electrons. The SMILES string of the molecule is COc1ccc2c(=O)c(C)c(-c3ccccc3)oc2c1C(C)(C)N. The smallest absolute Gasteiger partial charge is 0.196 e. The summed E-state index contributed by atoms with van der Waals surface area (Å²) in [5.41, 5.74) is 8.18. The van der Waals surface area contributed by atoms with Crippen molar-refractivity contribution >= 4 is 11.0 Å². The Bertz CT molecular complexity index is 951. The van der Waals surface area contributed by atoms with Crippen LogP contribution in [0.2, 0.25) is 0 Å². The molecule has 0 aliphatic heterocycles. The third-order valence-corrected chi connectivity index (χ3v) is 4.15. The summed E-state index contributed by atoms with van der Waals surface area (Å²) in [6.45, 7) is 5.52. The maximum absolute atomic E-state index is 12.9. The van der Waals surface area contributed by atoms with E-state index in [2.05, 4.69) is 0 Å². The molecule has 3 aromatic rings. The fourth-order valence-corrected chi connectivity index (χ4v) is 2.98. The summed E-state index contributed by atoms with van der Waals surface area (Å²) < 4.78 is 11.7. The summed E-state index contributed by atoms with van der Waals surface area (Å²) >= 11 is 0. The molecule has 0 saturated carbocycles. The summed E-state index contributed by atoms with van der Waals surface area (Å²) in [7, 11) is 1.58. The first kappa shape index (κ1) is 16.3. The molecule has 24 heavy (non-hydrogen) atoms. The van der Waals surface area contributed by atoms with Crippen molar-refractivity contribution in [1.82, 2.24) is 0 Å². The third-order valence-electron chi connectivity index (χ3n) is 4.15. The van der Waals surface area contributed by atoms with Gasteiger partial charge in [0.05, 0.1) is 18.1 Å². The molecular weight excluding hydrogens is 302 g/mol. The van der Waals surface area contributed by atoms with Gasteiger partial charge in [-0.25, -0.2) is 0 Å². The summed E-state index contributed by atoms with van der Waals surface area (Å²) in [5.74, 6) is 1.17. The van der Waals surface area contributed by atoms with Gasteiger partial charge in [0, 0.05) is 16.7 Å². The number of rotatable bonds is 3. The second-order valence-corrected chi connectivity index (χ2v) is 6.49. The van der Waals surface area contributed by atoms with Crippen LogP contribution in [0.15, 0.2) is 51.7 Å². The van der Waals surface area contributed by atoms with Crippen LogP contribution >= 0.6 is 0 Å². The van der Waals surface area contributed by atoms with Gasteiger partial charge in [0.15, 0.2) is 5.43 Å². The van der Waals surface area contributed by atoms with Crippen LogP contribution in [-0.2, 0) is 5.54 Å². The Kier molecular flexibility index (Phi) is 3.93. The number of hydrogen-bond acceptors (Lipinski definition) is 4. The van der Waals surface area contributed by atoms with Gasteiger partial charge < -0.3 is 14.9 Å². The summed E-state index contributed by atoms with van der Waals surface area (Å²) in [6.07, 6.45) is 0. The third kappa shape index (κ3) is 2.59. The molecule has 1 heterocycles. The highest BCUT2D eigenvalue weighted by atomic mass is 16.5. The molecule has 0 bridgehead atoms. The summed E-state index contributed by atoms with van der Waals surface area (Å²) in [6, 6.07) is 13.1. The van der Waals surface area contributed by atoms with E-state index in [0.29, 0.717) is 33.6 Å². The van der Waals surface area contributed by atoms with Crippen LogP contribution in [0.25, 0.3) is 22.3 Å². The van der Waals surface area contributed by atoms with Crippen molar-refractivity contribution in [3.63, 3.8) is 0 Å². The van der Waals surface area contributed by atoms with Crippen molar-refractivity contribution < 1.29 is 9.15 Å². The van der Waals surface area contributed by atoms with Crippen molar-refractivity contribution in [3.8, 4) is 17.1 Å². The van der Waals surface area contributed by atoms with Gasteiger partial charge in [-0.05, 0) is 32.9 Å². The minimum absolute atomic E-state index is 0.0525. The Labute approximate surface area is 140 Å². The number of ether oxygens (including phenoxy) is 1. The highest BCUT2D eigenvalue weighted by Crippen LogP contribution is 2.36. The fourth-order valence-electron chi connectivity index (χ4n) is 2.98. The maximum atomic E-state index is 12.9. The summed E-state index contributed by atoms with van der Waals surface area (Å²) in [4.78, 5) is 12.9. The van der Waals surface area contributed by atoms with Crippen molar-refractivity contribution in [3.05, 3.63) is 63.8 Å². The van der Waals surface area contributed by atoms with Crippen LogP contribution in [-0.4, -0.2) is 7.11 Å². The predicted molar refractivity (Wildman–Crippen MR) is 96.4 cm³/mol. The number of nitrogens with two attached hydrogens (primary N) is 1. The zero-order valence-corrected chi connectivity index (χ0v) is 14.3. The zero-order valence-electron chi connectivity index (χ0n) is 14.3. The highest BCUT2D eigenvalue weighted by Gasteiger charge is 2.26. The van der Waals surface area contributed by atoms with Gasteiger partial charge in [0.25, 0.3) is 0 Å². The van der Waals surface area contributed by atoms with Gasteiger partial charge >= 0.3 is 0 Å². The molecule has 124 valence electrons. The number of hydrogen-bond donors (Lipinski definition) is 1. The van der Waals surface area contributed by atoms with E-state index in [9.17, 15) is 4.79 Å². The zero-order chi connectivity index (χ0) is 17.5. The second kappa shape index (κ2) is 5.80. The summed E-state index contributed by atoms with van der Waals surface area (Å²) in [5, 5.41) is 0.515. The fraction of sp³-hybridized carbons (Fsp3) is 0.250. The van der Waals surface area contributed by atoms with E-state index in [0.717, 1.165) is 5.56 Å². The van der Waals surface area contributed by atoms with Gasteiger partial charge in [-0.15, -0.1) is 0 Å². The van der Waals surface area contributed by atoms with Crippen molar-refractivity contribution in [2.45, 2.75) is 26.3 Å². The van der Waals surface area contributed by atoms with Crippen LogP contribution < -0.4 is 15.9 Å². The van der Waals surface area contributed by atoms with Crippen molar-refractivity contribution in [2.75, 3.05) is 7.11 Å². The Balaban J connectivity index is 2.47. The van der Waals surface area contributed by atoms with Crippen molar-refractivity contribution in [2.24, 2.45) is 5.73 Å². The first-order chi connectivity index (χ1) is 11.3. The van der Waals surface area contributed by atoms with E-state index in [-0.39, 0.29) is 5.43 Å². The van der Waals surface area contributed by atoms with Crippen molar-refractivity contribution in [1.29, 1.82) is 0 Å². The first-order valence-corrected chi connectivity index (χ1v) is 7.83. The van der Waals surface area contributed by atoms with E-state index in [4.69, 9.17) is 14.9 Å². The van der Waals surface area contributed by atoms with Gasteiger partial charge in [0.2, 0.25) is 0 Å². The molecule has 0 unspecified atom stereocenters. The monoisotopic (exact) mass is 323 g/mol. The van der Waals surface area contributed by atoms with Crippen LogP contribution in [0.5, 0.6) is 5.75 Å². The van der Waals surface area contributed by atoms with Gasteiger partial charge in [-0.2, -0.15) is 0 Å². The Morgan fingerprint density at radius 3 is 2.33 bits per heavy atom. The van der Waals surface area contributed by atoms with Crippen LogP contribution in [0.3, 0.4) is 0 Å². The lowest BCUT2D eigenvalue weighted by molar-refractivity contribution is 0.393. The molecular formula is C20H21NO3. The number of methoxy groups -OCH3 is 1. The molecule has 0 aliphatic carbocycles. The average molecular weight is 323 g/mol. The lowest BCUT2D eigenvalue weighted by Gasteiger charge is -2.23. The molecule has 0 spiro atoms. The minimum Gasteiger partial charge on any atom is -0.496 e. The molecule has 4 nitrogen and oxygen atoms in total. The molecule has 4 heteroatoms. The van der Waals surface area contributed by atoms with Crippen LogP contribution in [0.4, 0.5) is 0 Å². The quantitative estimate of drug-likeness (QED) is 0.792. The number of fused-ring (bicyclic) bond motifs is 1. The van der Waals surface area contributed by atoms with E-state index in [1.165, 1.54) is 0 Å². The lowest BCUT2D eigenvalue weighted by atomic mass is 9.92. The van der Waals surface area contributed by atoms with Gasteiger partial charge in [-0.3, -0.25) is 4.79 Å². The Morgan fingerprint density at radius 1 is 1.08 bits per heavy atom. The molecule has 2 aromatic carbocycles. The van der Waals surface area contributed by atoms with E-state index < -0.39 is 5.54 Å². The predicted octanol–water partition coefficient (Wildman–Crippen LogP) is 3.97. The number of benzene rings is 2.